The second-order valence-electron chi connectivity index (χ2n) is 4.51. The summed E-state index contributed by atoms with van der Waals surface area (Å²) in [6.07, 6.45) is 1.60. The lowest BCUT2D eigenvalue weighted by molar-refractivity contribution is -0.155. The van der Waals surface area contributed by atoms with Gasteiger partial charge in [-0.25, -0.2) is 9.59 Å². The number of nitrogens with one attached hydrogen (secondary N) is 2. The Morgan fingerprint density at radius 3 is 2.81 bits per heavy atom. The Hall–Kier alpha value is -2.54. The second kappa shape index (κ2) is 7.30. The zero-order valence-electron chi connectivity index (χ0n) is 11.6. The van der Waals surface area contributed by atoms with Crippen LogP contribution in [-0.4, -0.2) is 41.0 Å². The number of urea groups is 1. The molecule has 1 atom stereocenters. The van der Waals surface area contributed by atoms with E-state index in [1.165, 1.54) is 0 Å². The van der Waals surface area contributed by atoms with Crippen molar-refractivity contribution < 1.29 is 24.5 Å². The first-order chi connectivity index (χ1) is 9.85. The molecule has 7 heteroatoms. The molecule has 0 radical (unpaired) electrons. The van der Waals surface area contributed by atoms with Crippen LogP contribution in [0.4, 0.5) is 10.5 Å². The number of ether oxygens (including phenoxy) is 1. The van der Waals surface area contributed by atoms with Gasteiger partial charge in [0.05, 0.1) is 6.54 Å². The summed E-state index contributed by atoms with van der Waals surface area (Å²) in [6.45, 7) is 4.56. The average molecular weight is 294 g/mol. The Morgan fingerprint density at radius 1 is 1.48 bits per heavy atom. The zero-order chi connectivity index (χ0) is 15.9. The Balaban J connectivity index is 2.55. The average Bonchev–Trinajstić information content (AvgIpc) is 2.43. The summed E-state index contributed by atoms with van der Waals surface area (Å²) in [5, 5.41) is 23.0. The summed E-state index contributed by atoms with van der Waals surface area (Å²) in [6, 6.07) is 6.05. The molecule has 0 saturated carbocycles. The molecule has 2 amide bonds. The van der Waals surface area contributed by atoms with E-state index in [1.54, 1.807) is 30.3 Å². The molecule has 21 heavy (non-hydrogen) atoms. The lowest BCUT2D eigenvalue weighted by Gasteiger charge is -2.18. The maximum Gasteiger partial charge on any atom is 0.337 e. The third-order valence-corrected chi connectivity index (χ3v) is 2.51. The molecule has 0 aliphatic rings. The van der Waals surface area contributed by atoms with E-state index in [-0.39, 0.29) is 0 Å². The number of amides is 2. The molecule has 7 nitrogen and oxygen atoms in total. The van der Waals surface area contributed by atoms with E-state index >= 15 is 0 Å². The van der Waals surface area contributed by atoms with E-state index < -0.39 is 24.1 Å². The van der Waals surface area contributed by atoms with Crippen molar-refractivity contribution in [2.24, 2.45) is 0 Å². The molecule has 0 aliphatic heterocycles. The molecule has 0 aromatic heterocycles. The highest BCUT2D eigenvalue weighted by molar-refractivity contribution is 5.90. The number of carbonyl (C=O) groups is 2. The van der Waals surface area contributed by atoms with E-state index in [4.69, 9.17) is 9.84 Å². The fourth-order valence-corrected chi connectivity index (χ4v) is 1.32. The second-order valence-corrected chi connectivity index (χ2v) is 4.51. The molecule has 1 aromatic rings. The topological polar surface area (TPSA) is 108 Å². The van der Waals surface area contributed by atoms with Gasteiger partial charge in [0.2, 0.25) is 0 Å². The molecule has 0 bridgehead atoms. The van der Waals surface area contributed by atoms with Gasteiger partial charge >= 0.3 is 12.0 Å². The predicted octanol–water partition coefficient (Wildman–Crippen LogP) is 1.21. The molecule has 0 aliphatic carbocycles. The van der Waals surface area contributed by atoms with Crippen molar-refractivity contribution in [3.63, 3.8) is 0 Å². The summed E-state index contributed by atoms with van der Waals surface area (Å²) in [5.74, 6) is -0.854. The Bertz CT molecular complexity index is 528. The third-order valence-electron chi connectivity index (χ3n) is 2.51. The van der Waals surface area contributed by atoms with Gasteiger partial charge in [0.25, 0.3) is 0 Å². The molecule has 0 fully saturated rings. The first-order valence-electron chi connectivity index (χ1n) is 6.19. The van der Waals surface area contributed by atoms with Gasteiger partial charge in [-0.1, -0.05) is 18.7 Å². The third kappa shape index (κ3) is 5.53. The number of hydrogen-bond donors (Lipinski definition) is 4. The van der Waals surface area contributed by atoms with Crippen molar-refractivity contribution in [1.29, 1.82) is 0 Å². The van der Waals surface area contributed by atoms with Crippen molar-refractivity contribution in [2.75, 3.05) is 18.5 Å². The lowest BCUT2D eigenvalue weighted by Crippen LogP contribution is -2.47. The highest BCUT2D eigenvalue weighted by atomic mass is 16.5. The zero-order valence-corrected chi connectivity index (χ0v) is 11.6. The molecular weight excluding hydrogens is 276 g/mol. The van der Waals surface area contributed by atoms with Crippen LogP contribution in [0.25, 0.3) is 0 Å². The SMILES string of the molecule is C=CCOc1cccc(NC(=O)NCC(C)(O)C(=O)O)c1. The van der Waals surface area contributed by atoms with Crippen LogP contribution in [0.15, 0.2) is 36.9 Å². The number of rotatable bonds is 7. The normalized spacial score (nSPS) is 12.9. The van der Waals surface area contributed by atoms with Gasteiger partial charge in [0, 0.05) is 11.8 Å². The van der Waals surface area contributed by atoms with Crippen LogP contribution in [0.5, 0.6) is 5.75 Å². The van der Waals surface area contributed by atoms with Crippen LogP contribution in [0.2, 0.25) is 0 Å². The minimum absolute atomic E-state index is 0.344. The van der Waals surface area contributed by atoms with Gasteiger partial charge in [0.1, 0.15) is 12.4 Å². The molecule has 1 rings (SSSR count). The van der Waals surface area contributed by atoms with Gasteiger partial charge < -0.3 is 25.6 Å². The monoisotopic (exact) mass is 294 g/mol. The van der Waals surface area contributed by atoms with Crippen LogP contribution < -0.4 is 15.4 Å². The smallest absolute Gasteiger partial charge is 0.337 e. The van der Waals surface area contributed by atoms with Gasteiger partial charge in [-0.3, -0.25) is 0 Å². The number of carboxylic acid groups (broad SMARTS) is 1. The quantitative estimate of drug-likeness (QED) is 0.565. The van der Waals surface area contributed by atoms with Gasteiger partial charge in [-0.2, -0.15) is 0 Å². The summed E-state index contributed by atoms with van der Waals surface area (Å²) < 4.78 is 5.32. The largest absolute Gasteiger partial charge is 0.489 e. The highest BCUT2D eigenvalue weighted by Gasteiger charge is 2.30. The number of anilines is 1. The van der Waals surface area contributed by atoms with Crippen molar-refractivity contribution in [3.05, 3.63) is 36.9 Å². The predicted molar refractivity (Wildman–Crippen MR) is 77.4 cm³/mol. The first-order valence-corrected chi connectivity index (χ1v) is 6.19. The van der Waals surface area contributed by atoms with Crippen molar-refractivity contribution in [2.45, 2.75) is 12.5 Å². The maximum absolute atomic E-state index is 11.6. The minimum Gasteiger partial charge on any atom is -0.489 e. The van der Waals surface area contributed by atoms with Gasteiger partial charge in [-0.05, 0) is 19.1 Å². The molecule has 1 aromatic carbocycles. The van der Waals surface area contributed by atoms with Crippen LogP contribution in [0.1, 0.15) is 6.92 Å². The van der Waals surface area contributed by atoms with Crippen LogP contribution in [0, 0.1) is 0 Å². The summed E-state index contributed by atoms with van der Waals surface area (Å²) >= 11 is 0. The first kappa shape index (κ1) is 16.5. The summed E-state index contributed by atoms with van der Waals surface area (Å²) in [5.41, 5.74) is -1.55. The molecule has 0 heterocycles. The summed E-state index contributed by atoms with van der Waals surface area (Å²) in [7, 11) is 0. The van der Waals surface area contributed by atoms with Crippen molar-refractivity contribution >= 4 is 17.7 Å². The Labute approximate surface area is 122 Å². The molecule has 114 valence electrons. The fourth-order valence-electron chi connectivity index (χ4n) is 1.32. The highest BCUT2D eigenvalue weighted by Crippen LogP contribution is 2.17. The molecule has 0 spiro atoms. The van der Waals surface area contributed by atoms with Crippen LogP contribution in [-0.2, 0) is 4.79 Å². The Morgan fingerprint density at radius 2 is 2.19 bits per heavy atom. The van der Waals surface area contributed by atoms with E-state index in [0.29, 0.717) is 18.0 Å². The Kier molecular flexibility index (Phi) is 5.74. The number of benzene rings is 1. The maximum atomic E-state index is 11.6. The molecular formula is C14H18N2O5. The number of aliphatic carboxylic acids is 1. The van der Waals surface area contributed by atoms with Crippen LogP contribution in [0.3, 0.4) is 0 Å². The van der Waals surface area contributed by atoms with E-state index in [2.05, 4.69) is 17.2 Å². The molecule has 4 N–H and O–H groups in total. The van der Waals surface area contributed by atoms with Gasteiger partial charge in [-0.15, -0.1) is 0 Å². The number of carbonyl (C=O) groups excluding carboxylic acids is 1. The number of aliphatic hydroxyl groups is 1. The summed E-state index contributed by atoms with van der Waals surface area (Å²) in [4.78, 5) is 22.3. The minimum atomic E-state index is -2.02. The number of hydrogen-bond acceptors (Lipinski definition) is 4. The lowest BCUT2D eigenvalue weighted by atomic mass is 10.1. The number of carboxylic acids is 1. The van der Waals surface area contributed by atoms with E-state index in [9.17, 15) is 14.7 Å². The van der Waals surface area contributed by atoms with Gasteiger partial charge in [0.15, 0.2) is 5.60 Å². The van der Waals surface area contributed by atoms with Crippen molar-refractivity contribution in [1.82, 2.24) is 5.32 Å². The van der Waals surface area contributed by atoms with Crippen LogP contribution >= 0.6 is 0 Å². The molecule has 1 unspecified atom stereocenters. The molecule has 0 saturated heterocycles. The fraction of sp³-hybridized carbons (Fsp3) is 0.286. The van der Waals surface area contributed by atoms with Crippen molar-refractivity contribution in [3.8, 4) is 5.75 Å². The standard InChI is InChI=1S/C14H18N2O5/c1-3-7-21-11-6-4-5-10(8-11)16-13(19)15-9-14(2,20)12(17)18/h3-6,8,20H,1,7,9H2,2H3,(H,17,18)(H2,15,16,19). The van der Waals surface area contributed by atoms with E-state index in [0.717, 1.165) is 6.92 Å². The van der Waals surface area contributed by atoms with E-state index in [1.807, 2.05) is 0 Å².